The van der Waals surface area contributed by atoms with Gasteiger partial charge in [-0.25, -0.2) is 0 Å². The first-order chi connectivity index (χ1) is 7.20. The minimum absolute atomic E-state index is 0.0362. The van der Waals surface area contributed by atoms with Crippen LogP contribution in [0, 0.1) is 11.8 Å². The Morgan fingerprint density at radius 3 is 2.31 bits per heavy atom. The molecule has 0 aromatic carbocycles. The molecule has 3 atom stereocenters. The summed E-state index contributed by atoms with van der Waals surface area (Å²) in [6.07, 6.45) is 0.175. The Morgan fingerprint density at radius 2 is 1.94 bits per heavy atom. The van der Waals surface area contributed by atoms with Crippen molar-refractivity contribution < 1.29 is 14.3 Å². The molecule has 0 bridgehead atoms. The maximum Gasteiger partial charge on any atom is 0.307 e. The van der Waals surface area contributed by atoms with Gasteiger partial charge in [-0.05, 0) is 33.6 Å². The summed E-state index contributed by atoms with van der Waals surface area (Å²) in [6, 6.07) is 0.139. The molecule has 1 aliphatic heterocycles. The van der Waals surface area contributed by atoms with E-state index in [9.17, 15) is 9.59 Å². The van der Waals surface area contributed by atoms with Crippen molar-refractivity contribution in [2.75, 3.05) is 0 Å². The molecule has 0 aromatic heterocycles. The first-order valence-electron chi connectivity index (χ1n) is 5.73. The third-order valence-electron chi connectivity index (χ3n) is 2.94. The summed E-state index contributed by atoms with van der Waals surface area (Å²) in [5.41, 5.74) is -0.485. The van der Waals surface area contributed by atoms with E-state index in [0.717, 1.165) is 0 Å². The third kappa shape index (κ3) is 3.22. The van der Waals surface area contributed by atoms with Crippen LogP contribution in [-0.2, 0) is 14.3 Å². The summed E-state index contributed by atoms with van der Waals surface area (Å²) in [7, 11) is 0. The molecule has 0 unspecified atom stereocenters. The predicted molar refractivity (Wildman–Crippen MR) is 60.7 cm³/mol. The molecule has 1 amide bonds. The summed E-state index contributed by atoms with van der Waals surface area (Å²) in [5.74, 6) is -0.399. The van der Waals surface area contributed by atoms with Crippen LogP contribution in [0.25, 0.3) is 0 Å². The van der Waals surface area contributed by atoms with Gasteiger partial charge in [0, 0.05) is 6.04 Å². The Morgan fingerprint density at radius 1 is 1.38 bits per heavy atom. The predicted octanol–water partition coefficient (Wildman–Crippen LogP) is 1.49. The van der Waals surface area contributed by atoms with E-state index in [2.05, 4.69) is 5.32 Å². The van der Waals surface area contributed by atoms with Gasteiger partial charge in [0.2, 0.25) is 5.91 Å². The zero-order valence-corrected chi connectivity index (χ0v) is 10.7. The standard InChI is InChI=1S/C12H21NO3/c1-7-8(2)13-11(15)9(7)6-10(14)16-12(3,4)5/h7-9H,6H2,1-5H3,(H,13,15)/t7-,8-,9+/m0/s1. The Kier molecular flexibility index (Phi) is 3.61. The molecule has 1 N–H and O–H groups in total. The third-order valence-corrected chi connectivity index (χ3v) is 2.94. The van der Waals surface area contributed by atoms with Crippen LogP contribution in [-0.4, -0.2) is 23.5 Å². The van der Waals surface area contributed by atoms with E-state index in [-0.39, 0.29) is 36.2 Å². The molecule has 1 saturated heterocycles. The number of hydrogen-bond donors (Lipinski definition) is 1. The van der Waals surface area contributed by atoms with Crippen molar-refractivity contribution in [2.24, 2.45) is 11.8 Å². The average Bonchev–Trinajstić information content (AvgIpc) is 2.29. The van der Waals surface area contributed by atoms with Crippen molar-refractivity contribution in [3.63, 3.8) is 0 Å². The van der Waals surface area contributed by atoms with Gasteiger partial charge in [-0.2, -0.15) is 0 Å². The second-order valence-electron chi connectivity index (χ2n) is 5.55. The number of carbonyl (C=O) groups excluding carboxylic acids is 2. The molecular formula is C12H21NO3. The molecule has 1 rings (SSSR count). The molecule has 92 valence electrons. The zero-order valence-electron chi connectivity index (χ0n) is 10.7. The highest BCUT2D eigenvalue weighted by atomic mass is 16.6. The lowest BCUT2D eigenvalue weighted by Crippen LogP contribution is -2.28. The fraction of sp³-hybridized carbons (Fsp3) is 0.833. The van der Waals surface area contributed by atoms with Crippen molar-refractivity contribution >= 4 is 11.9 Å². The van der Waals surface area contributed by atoms with Crippen LogP contribution in [0.3, 0.4) is 0 Å². The Labute approximate surface area is 96.7 Å². The van der Waals surface area contributed by atoms with Gasteiger partial charge >= 0.3 is 5.97 Å². The number of nitrogens with one attached hydrogen (secondary N) is 1. The summed E-state index contributed by atoms with van der Waals surface area (Å²) >= 11 is 0. The number of amides is 1. The number of ether oxygens (including phenoxy) is 1. The zero-order chi connectivity index (χ0) is 12.5. The lowest BCUT2D eigenvalue weighted by atomic mass is 9.90. The highest BCUT2D eigenvalue weighted by molar-refractivity contribution is 5.86. The lowest BCUT2D eigenvalue weighted by Gasteiger charge is -2.21. The van der Waals surface area contributed by atoms with Gasteiger partial charge in [-0.3, -0.25) is 9.59 Å². The smallest absolute Gasteiger partial charge is 0.307 e. The molecule has 0 radical (unpaired) electrons. The number of hydrogen-bond acceptors (Lipinski definition) is 3. The average molecular weight is 227 g/mol. The molecule has 1 aliphatic rings. The second-order valence-corrected chi connectivity index (χ2v) is 5.55. The molecule has 0 aromatic rings. The largest absolute Gasteiger partial charge is 0.460 e. The second kappa shape index (κ2) is 4.44. The topological polar surface area (TPSA) is 55.4 Å². The molecule has 1 fully saturated rings. The minimum atomic E-state index is -0.485. The molecule has 1 heterocycles. The Bertz CT molecular complexity index is 293. The Hall–Kier alpha value is -1.06. The van der Waals surface area contributed by atoms with Crippen molar-refractivity contribution in [1.82, 2.24) is 5.32 Å². The summed E-state index contributed by atoms with van der Waals surface area (Å²) < 4.78 is 5.21. The fourth-order valence-electron chi connectivity index (χ4n) is 1.89. The van der Waals surface area contributed by atoms with Crippen LogP contribution < -0.4 is 5.32 Å². The van der Waals surface area contributed by atoms with Gasteiger partial charge in [0.1, 0.15) is 5.60 Å². The molecule has 4 nitrogen and oxygen atoms in total. The van der Waals surface area contributed by atoms with E-state index >= 15 is 0 Å². The SMILES string of the molecule is C[C@H]1[C@H](C)NC(=O)[C@@H]1CC(=O)OC(C)(C)C. The van der Waals surface area contributed by atoms with Crippen molar-refractivity contribution in [3.05, 3.63) is 0 Å². The van der Waals surface area contributed by atoms with E-state index in [0.29, 0.717) is 0 Å². The molecule has 16 heavy (non-hydrogen) atoms. The first-order valence-corrected chi connectivity index (χ1v) is 5.73. The summed E-state index contributed by atoms with van der Waals surface area (Å²) in [6.45, 7) is 9.41. The number of rotatable bonds is 2. The molecule has 4 heteroatoms. The van der Waals surface area contributed by atoms with Crippen LogP contribution in [0.5, 0.6) is 0 Å². The Balaban J connectivity index is 2.55. The van der Waals surface area contributed by atoms with Crippen molar-refractivity contribution in [2.45, 2.75) is 52.7 Å². The van der Waals surface area contributed by atoms with Crippen molar-refractivity contribution in [3.8, 4) is 0 Å². The highest BCUT2D eigenvalue weighted by Gasteiger charge is 2.38. The van der Waals surface area contributed by atoms with E-state index in [1.807, 2.05) is 34.6 Å². The summed E-state index contributed by atoms with van der Waals surface area (Å²) in [4.78, 5) is 23.2. The van der Waals surface area contributed by atoms with E-state index in [1.165, 1.54) is 0 Å². The summed E-state index contributed by atoms with van der Waals surface area (Å²) in [5, 5.41) is 2.84. The molecule has 0 saturated carbocycles. The first kappa shape index (κ1) is 13.0. The maximum absolute atomic E-state index is 11.6. The van der Waals surface area contributed by atoms with Gasteiger partial charge in [-0.1, -0.05) is 6.92 Å². The van der Waals surface area contributed by atoms with Gasteiger partial charge in [0.15, 0.2) is 0 Å². The van der Waals surface area contributed by atoms with Crippen LogP contribution in [0.2, 0.25) is 0 Å². The van der Waals surface area contributed by atoms with E-state index in [1.54, 1.807) is 0 Å². The van der Waals surface area contributed by atoms with Crippen LogP contribution in [0.1, 0.15) is 41.0 Å². The number of esters is 1. The van der Waals surface area contributed by atoms with Crippen LogP contribution in [0.4, 0.5) is 0 Å². The van der Waals surface area contributed by atoms with Gasteiger partial charge in [-0.15, -0.1) is 0 Å². The van der Waals surface area contributed by atoms with Gasteiger partial charge in [0.05, 0.1) is 12.3 Å². The normalized spacial score (nSPS) is 30.1. The van der Waals surface area contributed by atoms with Crippen LogP contribution >= 0.6 is 0 Å². The molecule has 0 spiro atoms. The van der Waals surface area contributed by atoms with E-state index < -0.39 is 5.60 Å². The quantitative estimate of drug-likeness (QED) is 0.727. The maximum atomic E-state index is 11.6. The van der Waals surface area contributed by atoms with Gasteiger partial charge in [0.25, 0.3) is 0 Å². The van der Waals surface area contributed by atoms with E-state index in [4.69, 9.17) is 4.74 Å². The molecule has 0 aliphatic carbocycles. The number of carbonyl (C=O) groups is 2. The fourth-order valence-corrected chi connectivity index (χ4v) is 1.89. The van der Waals surface area contributed by atoms with Gasteiger partial charge < -0.3 is 10.1 Å². The minimum Gasteiger partial charge on any atom is -0.460 e. The monoisotopic (exact) mass is 227 g/mol. The highest BCUT2D eigenvalue weighted by Crippen LogP contribution is 2.26. The van der Waals surface area contributed by atoms with Crippen LogP contribution in [0.15, 0.2) is 0 Å². The molecular weight excluding hydrogens is 206 g/mol. The van der Waals surface area contributed by atoms with Crippen molar-refractivity contribution in [1.29, 1.82) is 0 Å². The lowest BCUT2D eigenvalue weighted by molar-refractivity contribution is -0.157.